The summed E-state index contributed by atoms with van der Waals surface area (Å²) < 4.78 is 6.42. The van der Waals surface area contributed by atoms with E-state index >= 15 is 0 Å². The molecule has 6 heteroatoms. The maximum Gasteiger partial charge on any atom is 0.310 e. The monoisotopic (exact) mass is 355 g/mol. The minimum atomic E-state index is -0.866. The number of ether oxygens (including phenoxy) is 1. The summed E-state index contributed by atoms with van der Waals surface area (Å²) in [5, 5.41) is 11.9. The van der Waals surface area contributed by atoms with E-state index in [1.807, 2.05) is 24.3 Å². The van der Waals surface area contributed by atoms with Crippen molar-refractivity contribution in [1.29, 1.82) is 0 Å². The number of amides is 1. The van der Waals surface area contributed by atoms with Crippen LogP contribution < -0.4 is 10.1 Å². The van der Waals surface area contributed by atoms with E-state index in [4.69, 9.17) is 9.84 Å². The Morgan fingerprint density at radius 2 is 2.14 bits per heavy atom. The molecule has 0 radical (unpaired) electrons. The molecule has 1 aromatic carbocycles. The number of carboxylic acids is 1. The fourth-order valence-electron chi connectivity index (χ4n) is 2.36. The molecular weight excluding hydrogens is 338 g/mol. The zero-order chi connectivity index (χ0) is 15.3. The average molecular weight is 356 g/mol. The van der Waals surface area contributed by atoms with E-state index < -0.39 is 11.4 Å². The first kappa shape index (κ1) is 15.8. The van der Waals surface area contributed by atoms with Gasteiger partial charge in [-0.25, -0.2) is 0 Å². The Morgan fingerprint density at radius 3 is 2.71 bits per heavy atom. The molecule has 114 valence electrons. The summed E-state index contributed by atoms with van der Waals surface area (Å²) in [6.45, 7) is 0.712. The summed E-state index contributed by atoms with van der Waals surface area (Å²) in [7, 11) is 0. The molecule has 0 atom stereocenters. The average Bonchev–Trinajstić information content (AvgIpc) is 2.39. The highest BCUT2D eigenvalue weighted by Gasteiger charge is 2.45. The fraction of sp³-hybridized carbons (Fsp3) is 0.467. The van der Waals surface area contributed by atoms with Crippen LogP contribution in [0.15, 0.2) is 28.7 Å². The molecule has 0 heterocycles. The summed E-state index contributed by atoms with van der Waals surface area (Å²) >= 11 is 3.35. The quantitative estimate of drug-likeness (QED) is 0.737. The fourth-order valence-corrected chi connectivity index (χ4v) is 2.73. The molecule has 0 bridgehead atoms. The molecule has 21 heavy (non-hydrogen) atoms. The molecule has 2 rings (SSSR count). The second-order valence-electron chi connectivity index (χ2n) is 5.27. The molecule has 0 aliphatic heterocycles. The maximum absolute atomic E-state index is 11.8. The van der Waals surface area contributed by atoms with Crippen LogP contribution in [0.4, 0.5) is 0 Å². The van der Waals surface area contributed by atoms with E-state index in [2.05, 4.69) is 21.2 Å². The number of halogens is 1. The van der Waals surface area contributed by atoms with Crippen molar-refractivity contribution in [1.82, 2.24) is 5.32 Å². The molecule has 1 aromatic rings. The van der Waals surface area contributed by atoms with Gasteiger partial charge in [-0.1, -0.05) is 28.4 Å². The Bertz CT molecular complexity index is 528. The number of benzene rings is 1. The highest BCUT2D eigenvalue weighted by Crippen LogP contribution is 2.44. The molecule has 1 saturated carbocycles. The minimum absolute atomic E-state index is 0.0548. The first-order valence-electron chi connectivity index (χ1n) is 6.90. The number of hydrogen-bond donors (Lipinski definition) is 2. The zero-order valence-corrected chi connectivity index (χ0v) is 13.2. The van der Waals surface area contributed by atoms with E-state index in [1.165, 1.54) is 0 Å². The lowest BCUT2D eigenvalue weighted by Gasteiger charge is -2.36. The van der Waals surface area contributed by atoms with Gasteiger partial charge in [-0.15, -0.1) is 0 Å². The predicted molar refractivity (Wildman–Crippen MR) is 81.2 cm³/mol. The van der Waals surface area contributed by atoms with Crippen molar-refractivity contribution >= 4 is 27.8 Å². The molecule has 1 fully saturated rings. The first-order valence-corrected chi connectivity index (χ1v) is 7.70. The van der Waals surface area contributed by atoms with Gasteiger partial charge in [0.05, 0.1) is 12.0 Å². The van der Waals surface area contributed by atoms with E-state index in [0.29, 0.717) is 26.0 Å². The highest BCUT2D eigenvalue weighted by molar-refractivity contribution is 9.10. The Hall–Kier alpha value is -1.56. The number of carboxylic acid groups (broad SMARTS) is 1. The smallest absolute Gasteiger partial charge is 0.310 e. The van der Waals surface area contributed by atoms with Crippen molar-refractivity contribution < 1.29 is 19.4 Å². The number of nitrogens with one attached hydrogen (secondary N) is 1. The standard InChI is InChI=1S/C15H18BrNO4/c16-11-3-1-4-12(9-11)21-8-7-17-13(18)10-15(14(19)20)5-2-6-15/h1,3-4,9H,2,5-8,10H2,(H,17,18)(H,19,20). The summed E-state index contributed by atoms with van der Waals surface area (Å²) in [6.07, 6.45) is 2.11. The third-order valence-corrected chi connectivity index (χ3v) is 4.25. The Kier molecular flexibility index (Phi) is 5.22. The molecule has 0 aromatic heterocycles. The van der Waals surface area contributed by atoms with Gasteiger partial charge in [0.25, 0.3) is 0 Å². The maximum atomic E-state index is 11.8. The number of aliphatic carboxylic acids is 1. The number of rotatable bonds is 7. The third-order valence-electron chi connectivity index (χ3n) is 3.75. The number of carbonyl (C=O) groups excluding carboxylic acids is 1. The van der Waals surface area contributed by atoms with Gasteiger partial charge in [0.15, 0.2) is 0 Å². The summed E-state index contributed by atoms with van der Waals surface area (Å²) in [6, 6.07) is 7.44. The van der Waals surface area contributed by atoms with Crippen LogP contribution in [0.1, 0.15) is 25.7 Å². The summed E-state index contributed by atoms with van der Waals surface area (Å²) in [5.74, 6) is -0.371. The second-order valence-corrected chi connectivity index (χ2v) is 6.19. The third kappa shape index (κ3) is 4.20. The van der Waals surface area contributed by atoms with Crippen LogP contribution in [0.25, 0.3) is 0 Å². The summed E-state index contributed by atoms with van der Waals surface area (Å²) in [4.78, 5) is 23.0. The van der Waals surface area contributed by atoms with Crippen molar-refractivity contribution in [3.63, 3.8) is 0 Å². The van der Waals surface area contributed by atoms with E-state index in [0.717, 1.165) is 16.6 Å². The number of carbonyl (C=O) groups is 2. The van der Waals surface area contributed by atoms with Crippen LogP contribution in [0, 0.1) is 5.41 Å². The molecule has 2 N–H and O–H groups in total. The van der Waals surface area contributed by atoms with Crippen molar-refractivity contribution in [3.05, 3.63) is 28.7 Å². The van der Waals surface area contributed by atoms with Crippen LogP contribution >= 0.6 is 15.9 Å². The van der Waals surface area contributed by atoms with Gasteiger partial charge in [-0.05, 0) is 31.0 Å². The van der Waals surface area contributed by atoms with Crippen molar-refractivity contribution in [2.24, 2.45) is 5.41 Å². The Labute approximate surface area is 131 Å². The lowest BCUT2D eigenvalue weighted by atomic mass is 9.66. The Balaban J connectivity index is 1.69. The molecule has 0 spiro atoms. The van der Waals surface area contributed by atoms with Gasteiger partial charge in [-0.3, -0.25) is 9.59 Å². The normalized spacial score (nSPS) is 15.9. The SMILES string of the molecule is O=C(CC1(C(=O)O)CCC1)NCCOc1cccc(Br)c1. The van der Waals surface area contributed by atoms with Gasteiger partial charge >= 0.3 is 5.97 Å². The van der Waals surface area contributed by atoms with Crippen molar-refractivity contribution in [3.8, 4) is 5.75 Å². The first-order chi connectivity index (χ1) is 10.0. The van der Waals surface area contributed by atoms with Crippen LogP contribution in [-0.2, 0) is 9.59 Å². The van der Waals surface area contributed by atoms with Crippen LogP contribution in [0.5, 0.6) is 5.75 Å². The molecule has 1 aliphatic rings. The van der Waals surface area contributed by atoms with Crippen LogP contribution in [0.3, 0.4) is 0 Å². The lowest BCUT2D eigenvalue weighted by molar-refractivity contribution is -0.157. The summed E-state index contributed by atoms with van der Waals surface area (Å²) in [5.41, 5.74) is -0.838. The zero-order valence-electron chi connectivity index (χ0n) is 11.6. The van der Waals surface area contributed by atoms with Gasteiger partial charge in [0.1, 0.15) is 12.4 Å². The highest BCUT2D eigenvalue weighted by atomic mass is 79.9. The van der Waals surface area contributed by atoms with Gasteiger partial charge in [0.2, 0.25) is 5.91 Å². The lowest BCUT2D eigenvalue weighted by Crippen LogP contribution is -2.43. The van der Waals surface area contributed by atoms with E-state index in [1.54, 1.807) is 0 Å². The molecule has 0 unspecified atom stereocenters. The molecule has 0 saturated heterocycles. The largest absolute Gasteiger partial charge is 0.492 e. The predicted octanol–water partition coefficient (Wildman–Crippen LogP) is 2.59. The van der Waals surface area contributed by atoms with E-state index in [9.17, 15) is 9.59 Å². The second kappa shape index (κ2) is 6.93. The van der Waals surface area contributed by atoms with Crippen molar-refractivity contribution in [2.75, 3.05) is 13.2 Å². The minimum Gasteiger partial charge on any atom is -0.492 e. The molecule has 1 aliphatic carbocycles. The van der Waals surface area contributed by atoms with Gasteiger partial charge in [0, 0.05) is 10.9 Å². The number of hydrogen-bond acceptors (Lipinski definition) is 3. The molecule has 5 nitrogen and oxygen atoms in total. The Morgan fingerprint density at radius 1 is 1.38 bits per heavy atom. The van der Waals surface area contributed by atoms with Gasteiger partial charge in [-0.2, -0.15) is 0 Å². The molecule has 1 amide bonds. The topological polar surface area (TPSA) is 75.6 Å². The van der Waals surface area contributed by atoms with Crippen molar-refractivity contribution in [2.45, 2.75) is 25.7 Å². The van der Waals surface area contributed by atoms with Gasteiger partial charge < -0.3 is 15.2 Å². The van der Waals surface area contributed by atoms with Crippen LogP contribution in [-0.4, -0.2) is 30.1 Å². The van der Waals surface area contributed by atoms with E-state index in [-0.39, 0.29) is 12.3 Å². The molecular formula is C15H18BrNO4. The van der Waals surface area contributed by atoms with Crippen LogP contribution in [0.2, 0.25) is 0 Å².